The van der Waals surface area contributed by atoms with Crippen molar-refractivity contribution in [3.63, 3.8) is 0 Å². The Balaban J connectivity index is 2.35. The van der Waals surface area contributed by atoms with Gasteiger partial charge in [-0.3, -0.25) is 4.79 Å². The Morgan fingerprint density at radius 3 is 2.43 bits per heavy atom. The molecule has 0 radical (unpaired) electrons. The van der Waals surface area contributed by atoms with E-state index in [0.717, 1.165) is 10.0 Å². The van der Waals surface area contributed by atoms with Gasteiger partial charge in [-0.05, 0) is 42.0 Å². The summed E-state index contributed by atoms with van der Waals surface area (Å²) in [4.78, 5) is 12.3. The van der Waals surface area contributed by atoms with Crippen molar-refractivity contribution in [2.45, 2.75) is 0 Å². The highest BCUT2D eigenvalue weighted by Crippen LogP contribution is 2.21. The number of ketones is 1. The van der Waals surface area contributed by atoms with Crippen LogP contribution in [-0.4, -0.2) is 12.9 Å². The average molecular weight is 342 g/mol. The highest BCUT2D eigenvalue weighted by atomic mass is 79.9. The van der Waals surface area contributed by atoms with E-state index < -0.39 is 0 Å². The first-order valence-corrected chi connectivity index (χ1v) is 7.00. The van der Waals surface area contributed by atoms with Gasteiger partial charge in [0.1, 0.15) is 17.4 Å². The normalized spacial score (nSPS) is 10.8. The molecule has 3 nitrogen and oxygen atoms in total. The van der Waals surface area contributed by atoms with Crippen LogP contribution in [0.15, 0.2) is 58.6 Å². The van der Waals surface area contributed by atoms with E-state index in [4.69, 9.17) is 4.74 Å². The van der Waals surface area contributed by atoms with Crippen LogP contribution in [0.4, 0.5) is 0 Å². The van der Waals surface area contributed by atoms with Crippen molar-refractivity contribution in [3.8, 4) is 11.8 Å². The molecule has 0 saturated carbocycles. The Bertz CT molecular complexity index is 727. The summed E-state index contributed by atoms with van der Waals surface area (Å²) >= 11 is 3.40. The van der Waals surface area contributed by atoms with Crippen molar-refractivity contribution in [2.24, 2.45) is 0 Å². The van der Waals surface area contributed by atoms with Gasteiger partial charge >= 0.3 is 0 Å². The number of carbonyl (C=O) groups is 1. The second-order valence-electron chi connectivity index (χ2n) is 4.25. The van der Waals surface area contributed by atoms with Crippen molar-refractivity contribution in [1.29, 1.82) is 5.26 Å². The molecule has 0 amide bonds. The van der Waals surface area contributed by atoms with E-state index in [2.05, 4.69) is 15.9 Å². The summed E-state index contributed by atoms with van der Waals surface area (Å²) in [6, 6.07) is 16.1. The molecular weight excluding hydrogens is 330 g/mol. The van der Waals surface area contributed by atoms with Crippen molar-refractivity contribution < 1.29 is 9.53 Å². The van der Waals surface area contributed by atoms with Crippen LogP contribution in [0, 0.1) is 11.3 Å². The van der Waals surface area contributed by atoms with Crippen LogP contribution in [0.5, 0.6) is 5.75 Å². The molecule has 21 heavy (non-hydrogen) atoms. The van der Waals surface area contributed by atoms with Gasteiger partial charge in [0.2, 0.25) is 5.78 Å². The first kappa shape index (κ1) is 15.0. The van der Waals surface area contributed by atoms with E-state index in [9.17, 15) is 10.1 Å². The molecule has 0 aliphatic heterocycles. The molecule has 0 fully saturated rings. The van der Waals surface area contributed by atoms with Gasteiger partial charge < -0.3 is 4.74 Å². The summed E-state index contributed by atoms with van der Waals surface area (Å²) in [6.45, 7) is 0. The number of rotatable bonds is 4. The molecule has 0 heterocycles. The fourth-order valence-corrected chi connectivity index (χ4v) is 2.19. The summed E-state index contributed by atoms with van der Waals surface area (Å²) < 4.78 is 5.88. The zero-order chi connectivity index (χ0) is 15.2. The maximum Gasteiger partial charge on any atom is 0.203 e. The molecule has 0 bridgehead atoms. The number of hydrogen-bond donors (Lipinski definition) is 0. The zero-order valence-corrected chi connectivity index (χ0v) is 12.9. The first-order valence-electron chi connectivity index (χ1n) is 6.21. The van der Waals surface area contributed by atoms with Crippen molar-refractivity contribution >= 4 is 27.8 Å². The summed E-state index contributed by atoms with van der Waals surface area (Å²) in [6.07, 6.45) is 1.58. The number of nitriles is 1. The Morgan fingerprint density at radius 2 is 1.86 bits per heavy atom. The number of nitrogens with zero attached hydrogens (tertiary/aromatic N) is 1. The first-order chi connectivity index (χ1) is 10.2. The molecule has 4 heteroatoms. The molecule has 0 aromatic heterocycles. The summed E-state index contributed by atoms with van der Waals surface area (Å²) in [5.41, 5.74) is 1.33. The lowest BCUT2D eigenvalue weighted by atomic mass is 10.0. The third kappa shape index (κ3) is 3.59. The maximum atomic E-state index is 12.3. The summed E-state index contributed by atoms with van der Waals surface area (Å²) in [7, 11) is 1.56. The predicted molar refractivity (Wildman–Crippen MR) is 85.1 cm³/mol. The van der Waals surface area contributed by atoms with Crippen LogP contribution in [0.1, 0.15) is 15.9 Å². The van der Waals surface area contributed by atoms with Crippen molar-refractivity contribution in [3.05, 3.63) is 69.7 Å². The minimum atomic E-state index is -0.309. The van der Waals surface area contributed by atoms with Gasteiger partial charge in [0.25, 0.3) is 0 Å². The lowest BCUT2D eigenvalue weighted by molar-refractivity contribution is 0.104. The maximum absolute atomic E-state index is 12.3. The van der Waals surface area contributed by atoms with Crippen LogP contribution in [-0.2, 0) is 0 Å². The smallest absolute Gasteiger partial charge is 0.203 e. The quantitative estimate of drug-likeness (QED) is 0.474. The van der Waals surface area contributed by atoms with Crippen molar-refractivity contribution in [1.82, 2.24) is 0 Å². The van der Waals surface area contributed by atoms with E-state index in [0.29, 0.717) is 11.3 Å². The van der Waals surface area contributed by atoms with Gasteiger partial charge in [-0.25, -0.2) is 0 Å². The highest BCUT2D eigenvalue weighted by molar-refractivity contribution is 9.10. The van der Waals surface area contributed by atoms with E-state index >= 15 is 0 Å². The van der Waals surface area contributed by atoms with Crippen LogP contribution in [0.2, 0.25) is 0 Å². The molecule has 0 saturated heterocycles. The van der Waals surface area contributed by atoms with Gasteiger partial charge in [0.15, 0.2) is 0 Å². The molecule has 2 aromatic carbocycles. The Labute approximate surface area is 131 Å². The van der Waals surface area contributed by atoms with E-state index in [1.807, 2.05) is 30.3 Å². The van der Waals surface area contributed by atoms with Crippen LogP contribution in [0.25, 0.3) is 6.08 Å². The summed E-state index contributed by atoms with van der Waals surface area (Å²) in [5.74, 6) is 0.357. The summed E-state index contributed by atoms with van der Waals surface area (Å²) in [5, 5.41) is 9.23. The van der Waals surface area contributed by atoms with Gasteiger partial charge in [-0.2, -0.15) is 5.26 Å². The lowest BCUT2D eigenvalue weighted by Crippen LogP contribution is -2.02. The molecule has 2 aromatic rings. The molecule has 0 atom stereocenters. The van der Waals surface area contributed by atoms with Crippen LogP contribution in [0.3, 0.4) is 0 Å². The molecule has 0 spiro atoms. The van der Waals surface area contributed by atoms with E-state index in [1.54, 1.807) is 37.5 Å². The van der Waals surface area contributed by atoms with Crippen LogP contribution < -0.4 is 4.74 Å². The minimum absolute atomic E-state index is 0.0899. The Morgan fingerprint density at radius 1 is 1.19 bits per heavy atom. The van der Waals surface area contributed by atoms with Gasteiger partial charge in [0, 0.05) is 10.0 Å². The van der Waals surface area contributed by atoms with Gasteiger partial charge in [-0.15, -0.1) is 0 Å². The predicted octanol–water partition coefficient (Wildman–Crippen LogP) is 4.25. The number of methoxy groups -OCH3 is 1. The number of Topliss-reactive ketones (excluding diaryl/α,β-unsaturated/α-hetero) is 1. The number of benzene rings is 2. The molecule has 2 rings (SSSR count). The van der Waals surface area contributed by atoms with Crippen LogP contribution >= 0.6 is 15.9 Å². The number of ether oxygens (including phenoxy) is 1. The molecule has 104 valence electrons. The third-order valence-corrected chi connectivity index (χ3v) is 3.64. The largest absolute Gasteiger partial charge is 0.497 e. The average Bonchev–Trinajstić information content (AvgIpc) is 2.53. The number of carbonyl (C=O) groups excluding carboxylic acids is 1. The topological polar surface area (TPSA) is 50.1 Å². The third-order valence-electron chi connectivity index (χ3n) is 2.92. The minimum Gasteiger partial charge on any atom is -0.497 e. The monoisotopic (exact) mass is 341 g/mol. The van der Waals surface area contributed by atoms with E-state index in [-0.39, 0.29) is 11.4 Å². The lowest BCUT2D eigenvalue weighted by Gasteiger charge is -2.03. The number of allylic oxidation sites excluding steroid dienone is 1. The fourth-order valence-electron chi connectivity index (χ4n) is 1.79. The van der Waals surface area contributed by atoms with Crippen molar-refractivity contribution in [2.75, 3.05) is 7.11 Å². The molecule has 0 unspecified atom stereocenters. The SMILES string of the molecule is COc1ccc(C(=O)/C(C#N)=C\c2ccccc2Br)cc1. The highest BCUT2D eigenvalue weighted by Gasteiger charge is 2.12. The van der Waals surface area contributed by atoms with Gasteiger partial charge in [-0.1, -0.05) is 34.1 Å². The second kappa shape index (κ2) is 6.87. The van der Waals surface area contributed by atoms with Gasteiger partial charge in [0.05, 0.1) is 7.11 Å². The standard InChI is InChI=1S/C17H12BrNO2/c1-21-15-8-6-12(7-9-15)17(20)14(11-19)10-13-4-2-3-5-16(13)18/h2-10H,1H3/b14-10-. The van der Waals surface area contributed by atoms with E-state index in [1.165, 1.54) is 0 Å². The Hall–Kier alpha value is -2.38. The molecular formula is C17H12BrNO2. The zero-order valence-electron chi connectivity index (χ0n) is 11.3. The molecule has 0 aliphatic carbocycles. The second-order valence-corrected chi connectivity index (χ2v) is 5.10. The molecule has 0 aliphatic rings. The number of hydrogen-bond acceptors (Lipinski definition) is 3. The Kier molecular flexibility index (Phi) is 4.91. The number of halogens is 1. The molecule has 0 N–H and O–H groups in total. The fraction of sp³-hybridized carbons (Fsp3) is 0.0588.